The Morgan fingerprint density at radius 1 is 1.21 bits per heavy atom. The molecule has 2 heterocycles. The molecule has 1 atom stereocenters. The van der Waals surface area contributed by atoms with Crippen molar-refractivity contribution >= 4 is 40.8 Å². The third-order valence-electron chi connectivity index (χ3n) is 5.48. The first-order valence-corrected chi connectivity index (χ1v) is 10.6. The number of H-pyrrole nitrogens is 1. The van der Waals surface area contributed by atoms with Gasteiger partial charge in [-0.25, -0.2) is 0 Å². The molecule has 6 nitrogen and oxygen atoms in total. The van der Waals surface area contributed by atoms with E-state index in [-0.39, 0.29) is 24.0 Å². The van der Waals surface area contributed by atoms with Crippen LogP contribution in [0.15, 0.2) is 29.4 Å². The number of fused-ring (bicyclic) bond motifs is 1. The summed E-state index contributed by atoms with van der Waals surface area (Å²) < 4.78 is 5.44. The second-order valence-electron chi connectivity index (χ2n) is 7.40. The van der Waals surface area contributed by atoms with Gasteiger partial charge in [0.2, 0.25) is 0 Å². The molecule has 1 aromatic heterocycles. The van der Waals surface area contributed by atoms with Crippen LogP contribution in [0.1, 0.15) is 31.9 Å². The Bertz CT molecular complexity index is 770. The molecular weight excluding hydrogens is 477 g/mol. The number of aromatic amines is 1. The van der Waals surface area contributed by atoms with E-state index in [4.69, 9.17) is 9.73 Å². The van der Waals surface area contributed by atoms with Crippen molar-refractivity contribution in [2.75, 3.05) is 45.9 Å². The van der Waals surface area contributed by atoms with Gasteiger partial charge in [0, 0.05) is 49.3 Å². The van der Waals surface area contributed by atoms with Gasteiger partial charge in [-0.05, 0) is 37.8 Å². The first-order chi connectivity index (χ1) is 13.7. The number of benzene rings is 1. The lowest BCUT2D eigenvalue weighted by molar-refractivity contribution is 0.0220. The topological polar surface area (TPSA) is 64.7 Å². The van der Waals surface area contributed by atoms with E-state index in [2.05, 4.69) is 65.7 Å². The molecule has 0 saturated carbocycles. The molecule has 0 bridgehead atoms. The van der Waals surface area contributed by atoms with Crippen LogP contribution in [0.2, 0.25) is 0 Å². The largest absolute Gasteiger partial charge is 0.379 e. The van der Waals surface area contributed by atoms with Crippen molar-refractivity contribution in [3.8, 4) is 0 Å². The Labute approximate surface area is 191 Å². The fraction of sp³-hybridized carbons (Fsp3) is 0.591. The number of aliphatic imine (C=N–C) groups is 1. The van der Waals surface area contributed by atoms with Crippen LogP contribution in [0.3, 0.4) is 0 Å². The van der Waals surface area contributed by atoms with Gasteiger partial charge in [0.05, 0.1) is 19.8 Å². The van der Waals surface area contributed by atoms with Crippen LogP contribution in [-0.4, -0.2) is 67.8 Å². The summed E-state index contributed by atoms with van der Waals surface area (Å²) in [5.41, 5.74) is 4.01. The van der Waals surface area contributed by atoms with Crippen LogP contribution in [0, 0.1) is 0 Å². The summed E-state index contributed by atoms with van der Waals surface area (Å²) in [5.74, 6) is 0.900. The molecule has 29 heavy (non-hydrogen) atoms. The van der Waals surface area contributed by atoms with Crippen LogP contribution in [0.5, 0.6) is 0 Å². The highest BCUT2D eigenvalue weighted by atomic mass is 127. The first-order valence-electron chi connectivity index (χ1n) is 10.6. The quantitative estimate of drug-likeness (QED) is 0.288. The maximum atomic E-state index is 5.44. The van der Waals surface area contributed by atoms with Crippen LogP contribution in [0.4, 0.5) is 0 Å². The minimum absolute atomic E-state index is 0. The Morgan fingerprint density at radius 2 is 2.00 bits per heavy atom. The molecule has 1 unspecified atom stereocenters. The second kappa shape index (κ2) is 12.4. The van der Waals surface area contributed by atoms with Gasteiger partial charge < -0.3 is 20.4 Å². The van der Waals surface area contributed by atoms with Crippen LogP contribution < -0.4 is 10.6 Å². The maximum absolute atomic E-state index is 5.44. The average molecular weight is 513 g/mol. The smallest absolute Gasteiger partial charge is 0.191 e. The number of aromatic nitrogens is 1. The van der Waals surface area contributed by atoms with Crippen molar-refractivity contribution in [3.63, 3.8) is 0 Å². The standard InChI is InChI=1S/C22H35N5O.HI/c1-4-18-7-6-8-20-19(16-25-21(18)20)9-10-24-22(23-5-2)26-15-17(3)27-11-13-28-14-12-27;/h6-8,16-17,25H,4-5,9-15H2,1-3H3,(H2,23,24,26);1H. The molecule has 0 spiro atoms. The summed E-state index contributed by atoms with van der Waals surface area (Å²) in [4.78, 5) is 10.7. The van der Waals surface area contributed by atoms with Crippen LogP contribution in [-0.2, 0) is 17.6 Å². The van der Waals surface area contributed by atoms with Crippen molar-refractivity contribution in [2.45, 2.75) is 39.7 Å². The van der Waals surface area contributed by atoms with Crippen molar-refractivity contribution in [2.24, 2.45) is 4.99 Å². The average Bonchev–Trinajstić information content (AvgIpc) is 3.15. The van der Waals surface area contributed by atoms with Crippen molar-refractivity contribution in [3.05, 3.63) is 35.5 Å². The van der Waals surface area contributed by atoms with E-state index in [1.54, 1.807) is 0 Å². The molecule has 3 rings (SSSR count). The molecule has 1 aromatic carbocycles. The summed E-state index contributed by atoms with van der Waals surface area (Å²) >= 11 is 0. The Balaban J connectivity index is 0.00000300. The number of morpholine rings is 1. The minimum Gasteiger partial charge on any atom is -0.379 e. The van der Waals surface area contributed by atoms with Gasteiger partial charge in [0.15, 0.2) is 5.96 Å². The maximum Gasteiger partial charge on any atom is 0.191 e. The van der Waals surface area contributed by atoms with Gasteiger partial charge in [-0.15, -0.1) is 24.0 Å². The van der Waals surface area contributed by atoms with E-state index in [9.17, 15) is 0 Å². The summed E-state index contributed by atoms with van der Waals surface area (Å²) in [6.07, 6.45) is 4.17. The van der Waals surface area contributed by atoms with E-state index < -0.39 is 0 Å². The lowest BCUT2D eigenvalue weighted by atomic mass is 10.1. The SMILES string of the molecule is CCNC(=NCC(C)N1CCOCC1)NCCc1c[nH]c2c(CC)cccc12.I. The molecule has 162 valence electrons. The summed E-state index contributed by atoms with van der Waals surface area (Å²) in [6, 6.07) is 7.00. The second-order valence-corrected chi connectivity index (χ2v) is 7.40. The fourth-order valence-corrected chi connectivity index (χ4v) is 3.79. The molecule has 1 aliphatic heterocycles. The molecule has 2 aromatic rings. The summed E-state index contributed by atoms with van der Waals surface area (Å²) in [7, 11) is 0. The number of guanidine groups is 1. The number of hydrogen-bond acceptors (Lipinski definition) is 3. The molecular formula is C22H36IN5O. The molecule has 1 saturated heterocycles. The molecule has 1 fully saturated rings. The highest BCUT2D eigenvalue weighted by molar-refractivity contribution is 14.0. The summed E-state index contributed by atoms with van der Waals surface area (Å²) in [5, 5.41) is 8.19. The molecule has 1 aliphatic rings. The van der Waals surface area contributed by atoms with E-state index >= 15 is 0 Å². The van der Waals surface area contributed by atoms with Crippen molar-refractivity contribution < 1.29 is 4.74 Å². The monoisotopic (exact) mass is 513 g/mol. The fourth-order valence-electron chi connectivity index (χ4n) is 3.79. The highest BCUT2D eigenvalue weighted by Crippen LogP contribution is 2.22. The predicted octanol–water partition coefficient (Wildman–Crippen LogP) is 3.17. The Morgan fingerprint density at radius 3 is 2.72 bits per heavy atom. The highest BCUT2D eigenvalue weighted by Gasteiger charge is 2.16. The lowest BCUT2D eigenvalue weighted by Crippen LogP contribution is -2.44. The first kappa shape index (κ1) is 24.0. The normalized spacial score (nSPS) is 16.4. The van der Waals surface area contributed by atoms with E-state index in [1.807, 2.05) is 0 Å². The van der Waals surface area contributed by atoms with Gasteiger partial charge in [0.1, 0.15) is 0 Å². The van der Waals surface area contributed by atoms with E-state index in [1.165, 1.54) is 22.0 Å². The molecule has 0 radical (unpaired) electrons. The molecule has 3 N–H and O–H groups in total. The summed E-state index contributed by atoms with van der Waals surface area (Å²) in [6.45, 7) is 12.7. The zero-order valence-corrected chi connectivity index (χ0v) is 20.3. The van der Waals surface area contributed by atoms with E-state index in [0.717, 1.165) is 64.7 Å². The predicted molar refractivity (Wildman–Crippen MR) is 133 cm³/mol. The number of hydrogen-bond donors (Lipinski definition) is 3. The van der Waals surface area contributed by atoms with Gasteiger partial charge in [0.25, 0.3) is 0 Å². The molecule has 7 heteroatoms. The zero-order valence-electron chi connectivity index (χ0n) is 18.0. The number of rotatable bonds is 8. The lowest BCUT2D eigenvalue weighted by Gasteiger charge is -2.31. The van der Waals surface area contributed by atoms with Gasteiger partial charge >= 0.3 is 0 Å². The van der Waals surface area contributed by atoms with Crippen molar-refractivity contribution in [1.82, 2.24) is 20.5 Å². The number of nitrogens with zero attached hydrogens (tertiary/aromatic N) is 2. The van der Waals surface area contributed by atoms with Gasteiger partial charge in [-0.1, -0.05) is 25.1 Å². The Kier molecular flexibility index (Phi) is 10.2. The number of aryl methyl sites for hydroxylation is 1. The minimum atomic E-state index is 0. The molecule has 0 aliphatic carbocycles. The van der Waals surface area contributed by atoms with Crippen LogP contribution >= 0.6 is 24.0 Å². The Hall–Kier alpha value is -1.32. The molecule has 0 amide bonds. The van der Waals surface area contributed by atoms with Gasteiger partial charge in [-0.2, -0.15) is 0 Å². The van der Waals surface area contributed by atoms with Gasteiger partial charge in [-0.3, -0.25) is 9.89 Å². The van der Waals surface area contributed by atoms with Crippen molar-refractivity contribution in [1.29, 1.82) is 0 Å². The number of ether oxygens (including phenoxy) is 1. The third-order valence-corrected chi connectivity index (χ3v) is 5.48. The van der Waals surface area contributed by atoms with Crippen LogP contribution in [0.25, 0.3) is 10.9 Å². The number of nitrogens with one attached hydrogen (secondary N) is 3. The third kappa shape index (κ3) is 6.58. The number of para-hydroxylation sites is 1. The zero-order chi connectivity index (χ0) is 19.8. The number of halogens is 1. The van der Waals surface area contributed by atoms with E-state index in [0.29, 0.717) is 6.04 Å².